The van der Waals surface area contributed by atoms with Gasteiger partial charge >= 0.3 is 0 Å². The third kappa shape index (κ3) is 3.41. The van der Waals surface area contributed by atoms with E-state index in [9.17, 15) is 14.4 Å². The van der Waals surface area contributed by atoms with Crippen LogP contribution in [0.3, 0.4) is 0 Å². The Bertz CT molecular complexity index is 602. The van der Waals surface area contributed by atoms with E-state index in [1.54, 1.807) is 22.1 Å². The number of aryl methyl sites for hydroxylation is 1. The van der Waals surface area contributed by atoms with Gasteiger partial charge in [-0.05, 0) is 18.6 Å². The van der Waals surface area contributed by atoms with Gasteiger partial charge in [-0.2, -0.15) is 0 Å². The number of aromatic nitrogens is 1. The Morgan fingerprint density at radius 3 is 2.45 bits per heavy atom. The minimum absolute atomic E-state index is 0.130. The lowest BCUT2D eigenvalue weighted by atomic mass is 10.1. The Kier molecular flexibility index (Phi) is 4.75. The predicted octanol–water partition coefficient (Wildman–Crippen LogP) is -0.204. The second-order valence-corrected chi connectivity index (χ2v) is 5.48. The summed E-state index contributed by atoms with van der Waals surface area (Å²) in [7, 11) is 0. The second kappa shape index (κ2) is 6.55. The number of nitrogens with two attached hydrogens (primary N) is 1. The number of carbonyl (C=O) groups excluding carboxylic acids is 3. The van der Waals surface area contributed by atoms with E-state index in [-0.39, 0.29) is 24.9 Å². The molecule has 1 aliphatic heterocycles. The fraction of sp³-hybridized carbons (Fsp3) is 0.467. The van der Waals surface area contributed by atoms with E-state index in [4.69, 9.17) is 5.73 Å². The molecule has 2 N–H and O–H groups in total. The molecule has 2 rings (SSSR count). The fourth-order valence-electron chi connectivity index (χ4n) is 2.52. The molecule has 0 aromatic carbocycles. The summed E-state index contributed by atoms with van der Waals surface area (Å²) in [5.74, 6) is -1.45. The highest BCUT2D eigenvalue weighted by atomic mass is 16.2. The van der Waals surface area contributed by atoms with Crippen molar-refractivity contribution in [2.45, 2.75) is 13.8 Å². The van der Waals surface area contributed by atoms with Crippen LogP contribution >= 0.6 is 0 Å². The zero-order chi connectivity index (χ0) is 16.3. The number of primary amides is 1. The molecule has 2 heterocycles. The Hall–Kier alpha value is -2.44. The Morgan fingerprint density at radius 1 is 1.23 bits per heavy atom. The first-order chi connectivity index (χ1) is 10.4. The van der Waals surface area contributed by atoms with E-state index in [2.05, 4.69) is 4.98 Å². The number of carbonyl (C=O) groups is 3. The molecule has 118 valence electrons. The predicted molar refractivity (Wildman–Crippen MR) is 79.8 cm³/mol. The largest absolute Gasteiger partial charge is 0.369 e. The molecule has 1 saturated heterocycles. The molecule has 7 heteroatoms. The van der Waals surface area contributed by atoms with E-state index in [1.165, 1.54) is 6.92 Å². The third-order valence-electron chi connectivity index (χ3n) is 3.87. The molecule has 0 aliphatic carbocycles. The van der Waals surface area contributed by atoms with E-state index in [0.29, 0.717) is 18.8 Å². The minimum Gasteiger partial charge on any atom is -0.369 e. The number of hydrogen-bond donors (Lipinski definition) is 1. The van der Waals surface area contributed by atoms with Crippen LogP contribution in [0, 0.1) is 12.8 Å². The monoisotopic (exact) mass is 304 g/mol. The highest BCUT2D eigenvalue weighted by Crippen LogP contribution is 2.14. The van der Waals surface area contributed by atoms with Gasteiger partial charge in [0, 0.05) is 39.3 Å². The minimum atomic E-state index is -0.570. The van der Waals surface area contributed by atoms with Crippen LogP contribution in [-0.2, 0) is 9.59 Å². The molecule has 0 radical (unpaired) electrons. The lowest BCUT2D eigenvalue weighted by Gasteiger charge is -2.22. The van der Waals surface area contributed by atoms with Gasteiger partial charge in [-0.25, -0.2) is 0 Å². The van der Waals surface area contributed by atoms with Crippen LogP contribution < -0.4 is 5.73 Å². The molecule has 1 aromatic rings. The molecule has 0 unspecified atom stereocenters. The van der Waals surface area contributed by atoms with Crippen molar-refractivity contribution >= 4 is 17.7 Å². The van der Waals surface area contributed by atoms with Gasteiger partial charge in [0.15, 0.2) is 0 Å². The molecule has 1 aliphatic rings. The average molecular weight is 304 g/mol. The summed E-state index contributed by atoms with van der Waals surface area (Å²) in [6.45, 7) is 4.45. The molecule has 0 bridgehead atoms. The molecule has 1 atom stereocenters. The van der Waals surface area contributed by atoms with Crippen LogP contribution in [0.4, 0.5) is 0 Å². The highest BCUT2D eigenvalue weighted by molar-refractivity contribution is 5.94. The van der Waals surface area contributed by atoms with Gasteiger partial charge in [0.1, 0.15) is 5.69 Å². The normalized spacial score (nSPS) is 18.7. The summed E-state index contributed by atoms with van der Waals surface area (Å²) in [5.41, 5.74) is 6.54. The van der Waals surface area contributed by atoms with Crippen molar-refractivity contribution < 1.29 is 14.4 Å². The van der Waals surface area contributed by atoms with Crippen molar-refractivity contribution in [3.8, 4) is 0 Å². The smallest absolute Gasteiger partial charge is 0.272 e. The van der Waals surface area contributed by atoms with E-state index in [1.807, 2.05) is 13.0 Å². The third-order valence-corrected chi connectivity index (χ3v) is 3.87. The van der Waals surface area contributed by atoms with Crippen LogP contribution in [-0.4, -0.2) is 58.7 Å². The number of hydrogen-bond acceptors (Lipinski definition) is 4. The molecule has 22 heavy (non-hydrogen) atoms. The van der Waals surface area contributed by atoms with Crippen molar-refractivity contribution in [2.75, 3.05) is 26.2 Å². The first kappa shape index (κ1) is 15.9. The van der Waals surface area contributed by atoms with Crippen molar-refractivity contribution in [3.63, 3.8) is 0 Å². The molecular weight excluding hydrogens is 284 g/mol. The van der Waals surface area contributed by atoms with Crippen molar-refractivity contribution in [1.82, 2.24) is 14.8 Å². The number of pyridine rings is 1. The molecule has 1 aromatic heterocycles. The number of amides is 3. The standard InChI is InChI=1S/C15H20N4O3/c1-10-4-3-5-17-13(10)15(22)19-7-6-18(11(2)20)8-12(9-19)14(16)21/h3-5,12H,6-9H2,1-2H3,(H2,16,21)/t12-/m0/s1. The van der Waals surface area contributed by atoms with Crippen LogP contribution in [0.25, 0.3) is 0 Å². The van der Waals surface area contributed by atoms with Crippen LogP contribution in [0.2, 0.25) is 0 Å². The van der Waals surface area contributed by atoms with Crippen LogP contribution in [0.1, 0.15) is 23.0 Å². The lowest BCUT2D eigenvalue weighted by Crippen LogP contribution is -2.41. The molecular formula is C15H20N4O3. The molecule has 1 fully saturated rings. The first-order valence-corrected chi connectivity index (χ1v) is 7.16. The van der Waals surface area contributed by atoms with Crippen LogP contribution in [0.15, 0.2) is 18.3 Å². The van der Waals surface area contributed by atoms with Crippen molar-refractivity contribution in [2.24, 2.45) is 11.7 Å². The van der Waals surface area contributed by atoms with E-state index in [0.717, 1.165) is 5.56 Å². The first-order valence-electron chi connectivity index (χ1n) is 7.16. The van der Waals surface area contributed by atoms with Crippen LogP contribution in [0.5, 0.6) is 0 Å². The summed E-state index contributed by atoms with van der Waals surface area (Å²) >= 11 is 0. The molecule has 3 amide bonds. The SMILES string of the molecule is CC(=O)N1CCN(C(=O)c2ncccc2C)C[C@@H](C(N)=O)C1. The number of rotatable bonds is 2. The van der Waals surface area contributed by atoms with Gasteiger partial charge in [0.05, 0.1) is 5.92 Å². The second-order valence-electron chi connectivity index (χ2n) is 5.48. The topological polar surface area (TPSA) is 96.6 Å². The van der Waals surface area contributed by atoms with E-state index >= 15 is 0 Å². The summed E-state index contributed by atoms with van der Waals surface area (Å²) in [5, 5.41) is 0. The maximum absolute atomic E-state index is 12.6. The zero-order valence-corrected chi connectivity index (χ0v) is 12.8. The Labute approximate surface area is 129 Å². The van der Waals surface area contributed by atoms with Gasteiger partial charge in [-0.15, -0.1) is 0 Å². The lowest BCUT2D eigenvalue weighted by molar-refractivity contribution is -0.130. The fourth-order valence-corrected chi connectivity index (χ4v) is 2.52. The summed E-state index contributed by atoms with van der Waals surface area (Å²) in [6, 6.07) is 3.57. The summed E-state index contributed by atoms with van der Waals surface area (Å²) < 4.78 is 0. The molecule has 0 saturated carbocycles. The maximum Gasteiger partial charge on any atom is 0.272 e. The zero-order valence-electron chi connectivity index (χ0n) is 12.8. The average Bonchev–Trinajstić information content (AvgIpc) is 2.70. The van der Waals surface area contributed by atoms with Gasteiger partial charge in [-0.1, -0.05) is 6.07 Å². The molecule has 7 nitrogen and oxygen atoms in total. The van der Waals surface area contributed by atoms with Crippen molar-refractivity contribution in [1.29, 1.82) is 0 Å². The molecule has 0 spiro atoms. The van der Waals surface area contributed by atoms with Crippen molar-refractivity contribution in [3.05, 3.63) is 29.6 Å². The van der Waals surface area contributed by atoms with Gasteiger partial charge in [-0.3, -0.25) is 19.4 Å². The number of nitrogens with zero attached hydrogens (tertiary/aromatic N) is 3. The van der Waals surface area contributed by atoms with Gasteiger partial charge in [0.2, 0.25) is 11.8 Å². The highest BCUT2D eigenvalue weighted by Gasteiger charge is 2.31. The Balaban J connectivity index is 2.23. The van der Waals surface area contributed by atoms with Gasteiger partial charge < -0.3 is 15.5 Å². The Morgan fingerprint density at radius 2 is 1.86 bits per heavy atom. The van der Waals surface area contributed by atoms with Gasteiger partial charge in [0.25, 0.3) is 5.91 Å². The summed E-state index contributed by atoms with van der Waals surface area (Å²) in [6.07, 6.45) is 1.56. The maximum atomic E-state index is 12.6. The van der Waals surface area contributed by atoms with E-state index < -0.39 is 11.8 Å². The quantitative estimate of drug-likeness (QED) is 0.818. The summed E-state index contributed by atoms with van der Waals surface area (Å²) in [4.78, 5) is 43.0.